The fraction of sp³-hybridized carbons (Fsp3) is 0.667. The molecule has 7 heteroatoms. The second-order valence-corrected chi connectivity index (χ2v) is 2.37. The number of aliphatic carboxylic acids is 2. The Kier molecular flexibility index (Phi) is 4.32. The van der Waals surface area contributed by atoms with Gasteiger partial charge >= 0.3 is 11.9 Å². The van der Waals surface area contributed by atoms with E-state index in [1.165, 1.54) is 6.92 Å². The van der Waals surface area contributed by atoms with Crippen molar-refractivity contribution in [2.45, 2.75) is 6.92 Å². The van der Waals surface area contributed by atoms with Gasteiger partial charge in [0.1, 0.15) is 6.61 Å². The maximum absolute atomic E-state index is 10.2. The van der Waals surface area contributed by atoms with Gasteiger partial charge in [0.2, 0.25) is 13.1 Å². The molecule has 3 N–H and O–H groups in total. The van der Waals surface area contributed by atoms with Crippen LogP contribution in [0.5, 0.6) is 0 Å². The zero-order valence-corrected chi connectivity index (χ0v) is 7.13. The number of carboxylic acids is 2. The fourth-order valence-corrected chi connectivity index (χ4v) is 0.810. The molecule has 0 unspecified atom stereocenters. The van der Waals surface area contributed by atoms with Crippen LogP contribution in [0.2, 0.25) is 0 Å². The zero-order chi connectivity index (χ0) is 10.5. The Morgan fingerprint density at radius 1 is 1.23 bits per heavy atom. The summed E-state index contributed by atoms with van der Waals surface area (Å²) in [5, 5.41) is 26.0. The van der Waals surface area contributed by atoms with Gasteiger partial charge in [0.15, 0.2) is 0 Å². The summed E-state index contributed by atoms with van der Waals surface area (Å²) in [5.41, 5.74) is 0. The van der Waals surface area contributed by atoms with E-state index in [9.17, 15) is 14.8 Å². The van der Waals surface area contributed by atoms with Crippen molar-refractivity contribution in [3.8, 4) is 0 Å². The van der Waals surface area contributed by atoms with Gasteiger partial charge in [0, 0.05) is 0 Å². The Hall–Kier alpha value is -1.18. The van der Waals surface area contributed by atoms with Crippen molar-refractivity contribution in [1.29, 1.82) is 0 Å². The number of hydrogen-bond donors (Lipinski definition) is 3. The van der Waals surface area contributed by atoms with Crippen LogP contribution < -0.4 is 0 Å². The van der Waals surface area contributed by atoms with Gasteiger partial charge in [-0.05, 0) is 11.7 Å². The summed E-state index contributed by atoms with van der Waals surface area (Å²) in [5.74, 6) is -2.67. The topological polar surface area (TPSA) is 104 Å². The van der Waals surface area contributed by atoms with E-state index in [-0.39, 0.29) is 6.61 Å². The summed E-state index contributed by atoms with van der Waals surface area (Å²) in [6, 6.07) is 0. The first-order valence-corrected chi connectivity index (χ1v) is 3.57. The average molecular weight is 194 g/mol. The van der Waals surface area contributed by atoms with Crippen LogP contribution >= 0.6 is 0 Å². The van der Waals surface area contributed by atoms with Crippen molar-refractivity contribution >= 4 is 11.9 Å². The van der Waals surface area contributed by atoms with Gasteiger partial charge < -0.3 is 10.2 Å². The molecule has 7 nitrogen and oxygen atoms in total. The van der Waals surface area contributed by atoms with Gasteiger partial charge in [-0.15, -0.1) is 0 Å². The monoisotopic (exact) mass is 194 g/mol. The summed E-state index contributed by atoms with van der Waals surface area (Å²) in [7, 11) is 0. The molecule has 0 fully saturated rings. The van der Waals surface area contributed by atoms with Crippen LogP contribution in [0, 0.1) is 0 Å². The van der Waals surface area contributed by atoms with Gasteiger partial charge in [-0.2, -0.15) is 10.0 Å². The molecule has 76 valence electrons. The first-order chi connectivity index (χ1) is 5.89. The number of carboxylic acid groups (broad SMARTS) is 2. The van der Waals surface area contributed by atoms with Crippen LogP contribution in [0.25, 0.3) is 0 Å². The maximum atomic E-state index is 10.2. The fourth-order valence-electron chi connectivity index (χ4n) is 0.810. The summed E-state index contributed by atoms with van der Waals surface area (Å²) in [4.78, 5) is 23.6. The smallest absolute Gasteiger partial charge is 0.365 e. The Balaban J connectivity index is 4.32. The number of quaternary nitrogens is 1. The van der Waals surface area contributed by atoms with Gasteiger partial charge in [-0.25, -0.2) is 9.59 Å². The maximum Gasteiger partial charge on any atom is 0.365 e. The summed E-state index contributed by atoms with van der Waals surface area (Å²) < 4.78 is 0. The normalized spacial score (nSPS) is 11.2. The van der Waals surface area contributed by atoms with Crippen molar-refractivity contribution in [1.82, 2.24) is 0 Å². The molecule has 13 heavy (non-hydrogen) atoms. The van der Waals surface area contributed by atoms with E-state index < -0.39 is 29.8 Å². The molecule has 0 saturated carbocycles. The molecule has 0 aromatic heterocycles. The van der Waals surface area contributed by atoms with E-state index in [4.69, 9.17) is 10.2 Å². The van der Waals surface area contributed by atoms with E-state index >= 15 is 0 Å². The van der Waals surface area contributed by atoms with E-state index in [2.05, 4.69) is 4.84 Å². The predicted octanol–water partition coefficient (Wildman–Crippen LogP) is -0.687. The lowest BCUT2D eigenvalue weighted by atomic mass is 10.5. The van der Waals surface area contributed by atoms with Crippen molar-refractivity contribution in [2.75, 3.05) is 19.7 Å². The van der Waals surface area contributed by atoms with Crippen molar-refractivity contribution in [2.24, 2.45) is 0 Å². The van der Waals surface area contributed by atoms with Crippen molar-refractivity contribution < 1.29 is 34.7 Å². The Bertz CT molecular complexity index is 187. The van der Waals surface area contributed by atoms with E-state index in [0.29, 0.717) is 0 Å². The van der Waals surface area contributed by atoms with Crippen molar-refractivity contribution in [3.05, 3.63) is 0 Å². The lowest BCUT2D eigenvalue weighted by molar-refractivity contribution is -1.24. The largest absolute Gasteiger partial charge is 0.477 e. The van der Waals surface area contributed by atoms with Gasteiger partial charge in [0.25, 0.3) is 0 Å². The molecule has 0 atom stereocenters. The molecule has 0 radical (unpaired) electrons. The van der Waals surface area contributed by atoms with Crippen molar-refractivity contribution in [3.63, 3.8) is 0 Å². The van der Waals surface area contributed by atoms with Crippen LogP contribution in [0.15, 0.2) is 0 Å². The molecular formula is C6H12NO6+. The third-order valence-electron chi connectivity index (χ3n) is 1.13. The van der Waals surface area contributed by atoms with Crippen LogP contribution in [0.4, 0.5) is 0 Å². The predicted molar refractivity (Wildman–Crippen MR) is 38.7 cm³/mol. The number of rotatable bonds is 6. The Labute approximate surface area is 74.3 Å². The second kappa shape index (κ2) is 4.75. The minimum Gasteiger partial charge on any atom is -0.477 e. The second-order valence-electron chi connectivity index (χ2n) is 2.37. The Morgan fingerprint density at radius 3 is 1.85 bits per heavy atom. The molecule has 0 spiro atoms. The lowest BCUT2D eigenvalue weighted by Gasteiger charge is -2.22. The highest BCUT2D eigenvalue weighted by molar-refractivity contribution is 5.70. The number of nitrogens with zero attached hydrogens (tertiary/aromatic N) is 1. The van der Waals surface area contributed by atoms with Crippen LogP contribution in [-0.2, 0) is 14.4 Å². The minimum absolute atomic E-state index is 0.0249. The molecule has 0 aromatic carbocycles. The molecule has 0 aliphatic carbocycles. The van der Waals surface area contributed by atoms with Gasteiger partial charge in [0.05, 0.1) is 0 Å². The standard InChI is InChI=1S/C6H11NO6/c1-2-13-7(12,3-5(8)9)4-6(10)11/h12H,2-4H2,1H3,(H-,8,9,10,11)/p+1. The molecule has 0 aliphatic heterocycles. The zero-order valence-electron chi connectivity index (χ0n) is 7.13. The first-order valence-electron chi connectivity index (χ1n) is 3.57. The molecule has 0 heterocycles. The minimum atomic E-state index is -1.44. The highest BCUT2D eigenvalue weighted by atomic mass is 16.9. The first kappa shape index (κ1) is 11.8. The van der Waals surface area contributed by atoms with Crippen LogP contribution in [0.3, 0.4) is 0 Å². The highest BCUT2D eigenvalue weighted by Crippen LogP contribution is 2.02. The SMILES string of the molecule is CCO[N+](O)(CC(=O)O)CC(=O)O. The molecule has 0 amide bonds. The summed E-state index contributed by atoms with van der Waals surface area (Å²) in [6.45, 7) is -0.0652. The lowest BCUT2D eigenvalue weighted by Crippen LogP contribution is -2.51. The van der Waals surface area contributed by atoms with Gasteiger partial charge in [-0.1, -0.05) is 0 Å². The molecule has 0 rings (SSSR count). The summed E-state index contributed by atoms with van der Waals surface area (Å²) in [6.07, 6.45) is 0. The molecule has 0 saturated heterocycles. The van der Waals surface area contributed by atoms with E-state index in [1.807, 2.05) is 0 Å². The van der Waals surface area contributed by atoms with Crippen LogP contribution in [-0.4, -0.2) is 51.9 Å². The van der Waals surface area contributed by atoms with E-state index in [0.717, 1.165) is 0 Å². The third-order valence-corrected chi connectivity index (χ3v) is 1.13. The number of carbonyl (C=O) groups is 2. The quantitative estimate of drug-likeness (QED) is 0.382. The van der Waals surface area contributed by atoms with Crippen LogP contribution in [0.1, 0.15) is 6.92 Å². The summed E-state index contributed by atoms with van der Waals surface area (Å²) >= 11 is 0. The number of hydroxylamine groups is 4. The van der Waals surface area contributed by atoms with Gasteiger partial charge in [-0.3, -0.25) is 0 Å². The highest BCUT2D eigenvalue weighted by Gasteiger charge is 2.34. The Morgan fingerprint density at radius 2 is 1.62 bits per heavy atom. The average Bonchev–Trinajstić information content (AvgIpc) is 1.81. The molecule has 0 aromatic rings. The molecule has 0 aliphatic rings. The number of hydrogen-bond acceptors (Lipinski definition) is 4. The third kappa shape index (κ3) is 5.12. The molecule has 0 bridgehead atoms. The van der Waals surface area contributed by atoms with E-state index in [1.54, 1.807) is 0 Å². The molecular weight excluding hydrogens is 182 g/mol.